The number of hydrogen-bond acceptors (Lipinski definition) is 5. The Balaban J connectivity index is 0.000000768. The van der Waals surface area contributed by atoms with Crippen molar-refractivity contribution >= 4 is 144 Å². The molecule has 0 aliphatic carbocycles. The normalized spacial score (nSPS) is 9.61. The van der Waals surface area contributed by atoms with Gasteiger partial charge in [-0.25, -0.2) is 0 Å². The van der Waals surface area contributed by atoms with Crippen molar-refractivity contribution in [3.63, 3.8) is 0 Å². The van der Waals surface area contributed by atoms with Crippen LogP contribution in [0.4, 0.5) is 0 Å². The predicted octanol–water partition coefficient (Wildman–Crippen LogP) is 7.01. The number of ether oxygens (including phenoxy) is 1. The van der Waals surface area contributed by atoms with Crippen LogP contribution >= 0.6 is 121 Å². The predicted molar refractivity (Wildman–Crippen MR) is 210 cm³/mol. The van der Waals surface area contributed by atoms with Gasteiger partial charge in [0.25, 0.3) is 11.8 Å². The summed E-state index contributed by atoms with van der Waals surface area (Å²) in [6.07, 6.45) is 0. The molecule has 0 saturated carbocycles. The maximum atomic E-state index is 12.3. The molecule has 0 unspecified atom stereocenters. The molecule has 0 radical (unpaired) electrons. The molecule has 2 amide bonds. The number of carbonyl (C=O) groups is 4. The van der Waals surface area contributed by atoms with Gasteiger partial charge in [0.2, 0.25) is 0 Å². The number of amides is 2. The minimum absolute atomic E-state index is 0.0572. The van der Waals surface area contributed by atoms with Gasteiger partial charge in [-0.2, -0.15) is 0 Å². The second-order valence-corrected chi connectivity index (χ2v) is 26.4. The van der Waals surface area contributed by atoms with E-state index in [-0.39, 0.29) is 42.0 Å². The van der Waals surface area contributed by atoms with E-state index in [2.05, 4.69) is 74.5 Å². The third kappa shape index (κ3) is 18.2. The number of rotatable bonds is 8. The molecule has 0 N–H and O–H groups in total. The first-order chi connectivity index (χ1) is 20.8. The van der Waals surface area contributed by atoms with Gasteiger partial charge in [-0.3, -0.25) is 19.2 Å². The van der Waals surface area contributed by atoms with Crippen LogP contribution in [0.2, 0.25) is 20.1 Å². The standard InChI is InChI=1S/C17H15Cl2NO3.C11H11Cl2NO2.I3.I2/c1-20(17(22)14-9-13(18)7-8-15(14)19)10-16(21)23-11-12-5-3-2-4-6-12;1-7(15)6-14(2)11(16)9-5-8(12)3-4-10(9)13;1-3-2;1-2/h2-9H,10-11H2,1H3;3-5H,6H2,1-2H3;;/q;;-1;. The molecular weight excluding hydrogens is 1220 g/mol. The number of esters is 1. The van der Waals surface area contributed by atoms with E-state index in [1.165, 1.54) is 35.9 Å². The molecule has 0 heterocycles. The number of hydrogen-bond donors (Lipinski definition) is 0. The topological polar surface area (TPSA) is 84.0 Å². The Bertz CT molecular complexity index is 1370. The SMILES string of the molecule is CC(=O)CN(C)C(=O)c1cc(Cl)ccc1Cl.CN(CC(=O)OCc1ccccc1)C(=O)c1cc(Cl)ccc1Cl.II.I[I-]I. The summed E-state index contributed by atoms with van der Waals surface area (Å²) in [5.41, 5.74) is 1.43. The Kier molecular flexibility index (Phi) is 25.9. The van der Waals surface area contributed by atoms with Gasteiger partial charge in [-0.1, -0.05) is 76.7 Å². The van der Waals surface area contributed by atoms with Crippen LogP contribution in [0.1, 0.15) is 33.2 Å². The van der Waals surface area contributed by atoms with Crippen LogP contribution < -0.4 is 13.3 Å². The van der Waals surface area contributed by atoms with Crippen molar-refractivity contribution in [2.75, 3.05) is 27.2 Å². The molecule has 0 spiro atoms. The van der Waals surface area contributed by atoms with Crippen LogP contribution in [0.25, 0.3) is 0 Å². The van der Waals surface area contributed by atoms with Gasteiger partial charge < -0.3 is 14.5 Å². The summed E-state index contributed by atoms with van der Waals surface area (Å²) in [4.78, 5) is 49.5. The molecule has 3 aromatic carbocycles. The van der Waals surface area contributed by atoms with Crippen molar-refractivity contribution in [1.82, 2.24) is 9.80 Å². The molecule has 0 fully saturated rings. The average Bonchev–Trinajstić information content (AvgIpc) is 2.99. The third-order valence-corrected chi connectivity index (χ3v) is 6.21. The molecule has 3 rings (SSSR count). The van der Waals surface area contributed by atoms with Crippen molar-refractivity contribution in [3.8, 4) is 0 Å². The fourth-order valence-corrected chi connectivity index (χ4v) is 3.93. The number of likely N-dealkylation sites (N-methyl/N-ethyl adjacent to an activating group) is 2. The molecule has 3 aromatic rings. The molecule has 44 heavy (non-hydrogen) atoms. The number of benzene rings is 3. The molecule has 0 aromatic heterocycles. The first-order valence-electron chi connectivity index (χ1n) is 11.9. The van der Waals surface area contributed by atoms with Crippen LogP contribution in [-0.2, 0) is 20.9 Å². The number of halogens is 9. The zero-order chi connectivity index (χ0) is 33.8. The zero-order valence-corrected chi connectivity index (χ0v) is 37.1. The Labute approximate surface area is 330 Å². The Morgan fingerprint density at radius 3 is 1.55 bits per heavy atom. The summed E-state index contributed by atoms with van der Waals surface area (Å²) in [6.45, 7) is 1.47. The fraction of sp³-hybridized carbons (Fsp3) is 0.214. The first kappa shape index (κ1) is 44.6. The van der Waals surface area contributed by atoms with Crippen molar-refractivity contribution in [2.24, 2.45) is 0 Å². The van der Waals surface area contributed by atoms with Crippen LogP contribution in [-0.4, -0.2) is 60.6 Å². The van der Waals surface area contributed by atoms with Crippen molar-refractivity contribution < 1.29 is 37.2 Å². The van der Waals surface area contributed by atoms with Crippen LogP contribution in [0.15, 0.2) is 66.7 Å². The van der Waals surface area contributed by atoms with Gasteiger partial charge in [0.1, 0.15) is 18.9 Å². The van der Waals surface area contributed by atoms with E-state index in [9.17, 15) is 19.2 Å². The monoisotopic (exact) mass is 1240 g/mol. The van der Waals surface area contributed by atoms with Crippen LogP contribution in [0.5, 0.6) is 0 Å². The second-order valence-electron chi connectivity index (χ2n) is 8.47. The van der Waals surface area contributed by atoms with E-state index in [4.69, 9.17) is 51.1 Å². The van der Waals surface area contributed by atoms with Gasteiger partial charge in [0, 0.05) is 61.4 Å². The van der Waals surface area contributed by atoms with Gasteiger partial charge in [0.15, 0.2) is 0 Å². The zero-order valence-electron chi connectivity index (χ0n) is 23.3. The van der Waals surface area contributed by atoms with Gasteiger partial charge in [0.05, 0.1) is 27.7 Å². The van der Waals surface area contributed by atoms with E-state index < -0.39 is 11.9 Å². The number of carbonyl (C=O) groups excluding carboxylic acids is 4. The van der Waals surface area contributed by atoms with Crippen molar-refractivity contribution in [2.45, 2.75) is 13.5 Å². The van der Waals surface area contributed by atoms with Gasteiger partial charge >= 0.3 is 56.5 Å². The second kappa shape index (κ2) is 25.6. The molecule has 0 saturated heterocycles. The van der Waals surface area contributed by atoms with Crippen LogP contribution in [0, 0.1) is 0 Å². The van der Waals surface area contributed by atoms with E-state index in [0.717, 1.165) is 5.56 Å². The molecule has 7 nitrogen and oxygen atoms in total. The number of Topliss-reactive ketones (excluding diaryl/α,β-unsaturated/α-hetero) is 1. The Morgan fingerprint density at radius 1 is 0.727 bits per heavy atom. The van der Waals surface area contributed by atoms with Crippen molar-refractivity contribution in [3.05, 3.63) is 104 Å². The molecule has 0 aliphatic heterocycles. The summed E-state index contributed by atoms with van der Waals surface area (Å²) < 4.78 is 5.15. The van der Waals surface area contributed by atoms with E-state index >= 15 is 0 Å². The maximum absolute atomic E-state index is 12.3. The average molecular weight is 1250 g/mol. The molecule has 16 heteroatoms. The molecular formula is C28H26Cl4I5N2O5-. The molecule has 242 valence electrons. The fourth-order valence-electron chi connectivity index (χ4n) is 3.19. The number of nitrogens with zero attached hydrogens (tertiary/aromatic N) is 2. The Hall–Kier alpha value is 0.550. The van der Waals surface area contributed by atoms with Gasteiger partial charge in [-0.05, 0) is 48.9 Å². The molecule has 0 aliphatic rings. The van der Waals surface area contributed by atoms with Crippen molar-refractivity contribution in [1.29, 1.82) is 0 Å². The quantitative estimate of drug-likeness (QED) is 0.179. The number of ketones is 1. The van der Waals surface area contributed by atoms with E-state index in [0.29, 0.717) is 33.9 Å². The first-order valence-corrected chi connectivity index (χ1v) is 32.3. The minimum atomic E-state index is -0.497. The summed E-state index contributed by atoms with van der Waals surface area (Å²) in [7, 11) is 3.05. The van der Waals surface area contributed by atoms with E-state index in [1.54, 1.807) is 31.3 Å². The van der Waals surface area contributed by atoms with Crippen LogP contribution in [0.3, 0.4) is 0 Å². The van der Waals surface area contributed by atoms with E-state index in [1.807, 2.05) is 30.3 Å². The molecule has 0 atom stereocenters. The summed E-state index contributed by atoms with van der Waals surface area (Å²) in [6, 6.07) is 18.6. The molecule has 0 bridgehead atoms. The summed E-state index contributed by atoms with van der Waals surface area (Å²) in [5, 5.41) is 1.44. The Morgan fingerprint density at radius 2 is 1.14 bits per heavy atom. The summed E-state index contributed by atoms with van der Waals surface area (Å²) >= 11 is 33.1. The van der Waals surface area contributed by atoms with Gasteiger partial charge in [-0.15, -0.1) is 0 Å². The third-order valence-electron chi connectivity index (χ3n) is 5.08. The summed E-state index contributed by atoms with van der Waals surface area (Å²) in [5.74, 6) is -1.30.